The number of hydrogen-bond acceptors (Lipinski definition) is 12. The first-order chi connectivity index (χ1) is 16.1. The van der Waals surface area contributed by atoms with Crippen LogP contribution in [0.15, 0.2) is 33.5 Å². The Morgan fingerprint density at radius 1 is 1.09 bits per heavy atom. The van der Waals surface area contributed by atoms with Gasteiger partial charge in [-0.15, -0.1) is 0 Å². The third-order valence-electron chi connectivity index (χ3n) is 5.51. The second-order valence-corrected chi connectivity index (χ2v) is 7.63. The largest absolute Gasteiger partial charge is 0.504 e. The Bertz CT molecular complexity index is 1300. The maximum atomic E-state index is 13.5. The van der Waals surface area contributed by atoms with Gasteiger partial charge in [0.05, 0.1) is 27.4 Å². The molecule has 1 fully saturated rings. The first kappa shape index (κ1) is 23.4. The quantitative estimate of drug-likeness (QED) is 0.268. The molecule has 3 unspecified atom stereocenters. The molecule has 1 aliphatic heterocycles. The molecular formula is C22H22O12. The van der Waals surface area contributed by atoms with Crippen molar-refractivity contribution in [1.29, 1.82) is 0 Å². The van der Waals surface area contributed by atoms with E-state index in [1.807, 2.05) is 0 Å². The van der Waals surface area contributed by atoms with Gasteiger partial charge in [0.2, 0.25) is 23.2 Å². The molecule has 0 aliphatic carbocycles. The Morgan fingerprint density at radius 3 is 2.41 bits per heavy atom. The number of fused-ring (bicyclic) bond motifs is 1. The van der Waals surface area contributed by atoms with Crippen LogP contribution in [0.4, 0.5) is 0 Å². The highest BCUT2D eigenvalue weighted by molar-refractivity contribution is 5.91. The van der Waals surface area contributed by atoms with Crippen molar-refractivity contribution in [1.82, 2.24) is 0 Å². The minimum absolute atomic E-state index is 0.0615. The fraction of sp³-hybridized carbons (Fsp3) is 0.318. The minimum Gasteiger partial charge on any atom is -0.504 e. The van der Waals surface area contributed by atoms with Gasteiger partial charge >= 0.3 is 0 Å². The van der Waals surface area contributed by atoms with Crippen LogP contribution in [0, 0.1) is 0 Å². The molecule has 2 heterocycles. The normalized spacial score (nSPS) is 22.1. The van der Waals surface area contributed by atoms with E-state index in [1.54, 1.807) is 0 Å². The Hall–Kier alpha value is -3.71. The molecule has 0 amide bonds. The zero-order valence-electron chi connectivity index (χ0n) is 18.0. The highest BCUT2D eigenvalue weighted by atomic mass is 16.7. The minimum atomic E-state index is -2.03. The van der Waals surface area contributed by atoms with Gasteiger partial charge in [-0.2, -0.15) is 0 Å². The molecule has 6 N–H and O–H groups in total. The van der Waals surface area contributed by atoms with Crippen LogP contribution in [0.3, 0.4) is 0 Å². The van der Waals surface area contributed by atoms with Gasteiger partial charge in [0.1, 0.15) is 22.7 Å². The molecule has 1 aliphatic rings. The molecule has 1 aromatic heterocycles. The van der Waals surface area contributed by atoms with Crippen molar-refractivity contribution in [2.24, 2.45) is 0 Å². The van der Waals surface area contributed by atoms with E-state index >= 15 is 0 Å². The number of aliphatic hydroxyl groups excluding tert-OH is 2. The van der Waals surface area contributed by atoms with E-state index in [9.17, 15) is 35.4 Å². The molecule has 34 heavy (non-hydrogen) atoms. The van der Waals surface area contributed by atoms with Crippen LogP contribution in [0.25, 0.3) is 22.3 Å². The van der Waals surface area contributed by atoms with Crippen LogP contribution in [0.2, 0.25) is 0 Å². The fourth-order valence-electron chi connectivity index (χ4n) is 3.60. The molecule has 0 radical (unpaired) electrons. The smallest absolute Gasteiger partial charge is 0.239 e. The second-order valence-electron chi connectivity index (χ2n) is 7.63. The zero-order chi connectivity index (χ0) is 24.8. The maximum Gasteiger partial charge on any atom is 0.239 e. The van der Waals surface area contributed by atoms with Crippen LogP contribution >= 0.6 is 0 Å². The number of rotatable bonds is 6. The van der Waals surface area contributed by atoms with Gasteiger partial charge in [-0.1, -0.05) is 0 Å². The van der Waals surface area contributed by atoms with Crippen molar-refractivity contribution < 1.29 is 54.0 Å². The molecule has 12 heteroatoms. The molecule has 0 saturated carbocycles. The van der Waals surface area contributed by atoms with E-state index in [1.165, 1.54) is 26.4 Å². The molecular weight excluding hydrogens is 456 g/mol. The van der Waals surface area contributed by atoms with E-state index in [-0.39, 0.29) is 33.8 Å². The SMILES string of the molecule is COc1cc2oc(-c3ccc(O)c(O)c3)c(OC3OCC(O)(CO)C3O)c(=O)c2c(O)c1OC. The Balaban J connectivity index is 1.97. The first-order valence-electron chi connectivity index (χ1n) is 9.91. The average molecular weight is 478 g/mol. The lowest BCUT2D eigenvalue weighted by Crippen LogP contribution is -2.48. The van der Waals surface area contributed by atoms with Crippen molar-refractivity contribution in [3.63, 3.8) is 0 Å². The summed E-state index contributed by atoms with van der Waals surface area (Å²) in [5.74, 6) is -2.44. The van der Waals surface area contributed by atoms with Gasteiger partial charge in [-0.05, 0) is 18.2 Å². The predicted molar refractivity (Wildman–Crippen MR) is 114 cm³/mol. The van der Waals surface area contributed by atoms with Crippen LogP contribution < -0.4 is 19.6 Å². The summed E-state index contributed by atoms with van der Waals surface area (Å²) in [4.78, 5) is 13.5. The predicted octanol–water partition coefficient (Wildman–Crippen LogP) is 0.413. The number of benzene rings is 2. The van der Waals surface area contributed by atoms with Gasteiger partial charge in [0.25, 0.3) is 0 Å². The molecule has 4 rings (SSSR count). The first-order valence-corrected chi connectivity index (χ1v) is 9.91. The van der Waals surface area contributed by atoms with E-state index in [2.05, 4.69) is 0 Å². The lowest BCUT2D eigenvalue weighted by Gasteiger charge is -2.24. The number of aromatic hydroxyl groups is 3. The number of aliphatic hydroxyl groups is 3. The molecule has 0 bridgehead atoms. The fourth-order valence-corrected chi connectivity index (χ4v) is 3.60. The van der Waals surface area contributed by atoms with Crippen molar-refractivity contribution in [2.75, 3.05) is 27.4 Å². The number of phenols is 3. The summed E-state index contributed by atoms with van der Waals surface area (Å²) >= 11 is 0. The van der Waals surface area contributed by atoms with Crippen LogP contribution in [-0.2, 0) is 4.74 Å². The average Bonchev–Trinajstić information content (AvgIpc) is 3.11. The summed E-state index contributed by atoms with van der Waals surface area (Å²) in [7, 11) is 2.58. The molecule has 1 saturated heterocycles. The Kier molecular flexibility index (Phi) is 5.91. The van der Waals surface area contributed by atoms with Gasteiger partial charge in [-0.25, -0.2) is 0 Å². The van der Waals surface area contributed by atoms with Crippen molar-refractivity contribution in [3.05, 3.63) is 34.5 Å². The number of hydrogen-bond donors (Lipinski definition) is 6. The molecule has 12 nitrogen and oxygen atoms in total. The summed E-state index contributed by atoms with van der Waals surface area (Å²) in [6.07, 6.45) is -3.34. The third kappa shape index (κ3) is 3.62. The third-order valence-corrected chi connectivity index (χ3v) is 5.51. The lowest BCUT2D eigenvalue weighted by atomic mass is 10.0. The van der Waals surface area contributed by atoms with E-state index in [0.717, 1.165) is 12.1 Å². The zero-order valence-corrected chi connectivity index (χ0v) is 18.0. The highest BCUT2D eigenvalue weighted by Crippen LogP contribution is 2.44. The summed E-state index contributed by atoms with van der Waals surface area (Å²) in [5, 5.41) is 59.9. The topological polar surface area (TPSA) is 189 Å². The summed E-state index contributed by atoms with van der Waals surface area (Å²) in [5.41, 5.74) is -2.98. The molecule has 3 aromatic rings. The Labute approximate surface area is 191 Å². The molecule has 0 spiro atoms. The van der Waals surface area contributed by atoms with E-state index < -0.39 is 59.6 Å². The summed E-state index contributed by atoms with van der Waals surface area (Å²) < 4.78 is 27.0. The summed E-state index contributed by atoms with van der Waals surface area (Å²) in [6, 6.07) is 4.87. The van der Waals surface area contributed by atoms with Gasteiger partial charge in [0, 0.05) is 11.6 Å². The van der Waals surface area contributed by atoms with Crippen molar-refractivity contribution >= 4 is 11.0 Å². The monoisotopic (exact) mass is 478 g/mol. The standard InChI is InChI=1S/C22H22O12/c1-30-13-6-12-14(15(26)18(13)31-2)16(27)19(34-21-20(28)22(29,7-23)8-32-21)17(33-12)9-3-4-10(24)11(25)5-9/h3-6,20-21,23-26,28-29H,7-8H2,1-2H3. The second kappa shape index (κ2) is 8.57. The molecule has 3 atom stereocenters. The van der Waals surface area contributed by atoms with Crippen LogP contribution in [0.5, 0.6) is 34.5 Å². The molecule has 2 aromatic carbocycles. The molecule has 182 valence electrons. The van der Waals surface area contributed by atoms with Gasteiger partial charge in [-0.3, -0.25) is 4.79 Å². The number of ether oxygens (including phenoxy) is 4. The number of phenolic OH excluding ortho intramolecular Hbond substituents is 3. The lowest BCUT2D eigenvalue weighted by molar-refractivity contribution is -0.116. The van der Waals surface area contributed by atoms with Crippen LogP contribution in [-0.4, -0.2) is 76.1 Å². The van der Waals surface area contributed by atoms with Gasteiger partial charge in [0.15, 0.2) is 28.8 Å². The summed E-state index contributed by atoms with van der Waals surface area (Å²) in [6.45, 7) is -1.32. The van der Waals surface area contributed by atoms with Gasteiger partial charge < -0.3 is 54.0 Å². The van der Waals surface area contributed by atoms with Crippen molar-refractivity contribution in [2.45, 2.75) is 18.0 Å². The van der Waals surface area contributed by atoms with Crippen molar-refractivity contribution in [3.8, 4) is 45.8 Å². The van der Waals surface area contributed by atoms with Crippen LogP contribution in [0.1, 0.15) is 0 Å². The Morgan fingerprint density at radius 2 is 1.82 bits per heavy atom. The maximum absolute atomic E-state index is 13.5. The number of methoxy groups -OCH3 is 2. The van der Waals surface area contributed by atoms with E-state index in [0.29, 0.717) is 0 Å². The van der Waals surface area contributed by atoms with E-state index in [4.69, 9.17) is 23.4 Å². The highest BCUT2D eigenvalue weighted by Gasteiger charge is 2.49.